The third kappa shape index (κ3) is 4.17. The van der Waals surface area contributed by atoms with Crippen molar-refractivity contribution >= 4 is 5.69 Å². The van der Waals surface area contributed by atoms with Crippen LogP contribution in [0.5, 0.6) is 11.5 Å². The molecule has 0 aliphatic carbocycles. The van der Waals surface area contributed by atoms with Gasteiger partial charge in [-0.05, 0) is 48.4 Å². The van der Waals surface area contributed by atoms with Crippen molar-refractivity contribution in [1.29, 1.82) is 0 Å². The highest BCUT2D eigenvalue weighted by atomic mass is 16.5. The summed E-state index contributed by atoms with van der Waals surface area (Å²) in [6.45, 7) is 0.607. The number of benzene rings is 2. The Bertz CT molecular complexity index is 624. The Morgan fingerprint density at radius 1 is 0.957 bits per heavy atom. The van der Waals surface area contributed by atoms with Crippen LogP contribution in [0, 0.1) is 0 Å². The van der Waals surface area contributed by atoms with Gasteiger partial charge in [-0.3, -0.25) is 0 Å². The maximum absolute atomic E-state index is 6.01. The van der Waals surface area contributed by atoms with Gasteiger partial charge in [-0.2, -0.15) is 0 Å². The molecule has 0 aliphatic rings. The maximum atomic E-state index is 6.01. The molecule has 0 saturated carbocycles. The highest BCUT2D eigenvalue weighted by molar-refractivity contribution is 5.47. The van der Waals surface area contributed by atoms with E-state index < -0.39 is 0 Å². The van der Waals surface area contributed by atoms with E-state index in [1.54, 1.807) is 14.2 Å². The quantitative estimate of drug-likeness (QED) is 0.853. The van der Waals surface area contributed by atoms with Crippen LogP contribution in [-0.4, -0.2) is 34.9 Å². The van der Waals surface area contributed by atoms with Gasteiger partial charge in [0.1, 0.15) is 0 Å². The molecule has 0 spiro atoms. The molecule has 4 heteroatoms. The number of hydrogen-bond donors (Lipinski definition) is 1. The number of ether oxygens (including phenoxy) is 2. The van der Waals surface area contributed by atoms with Crippen LogP contribution in [0.4, 0.5) is 5.69 Å². The van der Waals surface area contributed by atoms with E-state index in [0.717, 1.165) is 17.9 Å². The van der Waals surface area contributed by atoms with Crippen LogP contribution in [0.3, 0.4) is 0 Å². The number of methoxy groups -OCH3 is 2. The van der Waals surface area contributed by atoms with Crippen LogP contribution in [0.1, 0.15) is 17.0 Å². The van der Waals surface area contributed by atoms with Gasteiger partial charge in [0.25, 0.3) is 0 Å². The molecule has 0 heterocycles. The van der Waals surface area contributed by atoms with Crippen LogP contribution in [0.15, 0.2) is 42.5 Å². The second kappa shape index (κ2) is 7.88. The number of nitrogens with two attached hydrogens (primary N) is 1. The third-order valence-corrected chi connectivity index (χ3v) is 4.10. The van der Waals surface area contributed by atoms with Crippen molar-refractivity contribution in [3.8, 4) is 11.5 Å². The molecule has 0 aromatic heterocycles. The largest absolute Gasteiger partial charge is 0.493 e. The third-order valence-electron chi connectivity index (χ3n) is 4.10. The van der Waals surface area contributed by atoms with E-state index in [0.29, 0.717) is 6.54 Å². The average molecular weight is 314 g/mol. The SMILES string of the molecule is COc1ccc(CC(CN)c2ccc(N(C)C)cc2)cc1OC. The summed E-state index contributed by atoms with van der Waals surface area (Å²) in [6.07, 6.45) is 0.873. The summed E-state index contributed by atoms with van der Waals surface area (Å²) >= 11 is 0. The molecule has 1 atom stereocenters. The Balaban J connectivity index is 2.18. The summed E-state index contributed by atoms with van der Waals surface area (Å²) in [5, 5.41) is 0. The summed E-state index contributed by atoms with van der Waals surface area (Å²) in [4.78, 5) is 2.09. The van der Waals surface area contributed by atoms with Gasteiger partial charge in [-0.25, -0.2) is 0 Å². The maximum Gasteiger partial charge on any atom is 0.160 e. The predicted octanol–water partition coefficient (Wildman–Crippen LogP) is 3.05. The zero-order valence-electron chi connectivity index (χ0n) is 14.4. The van der Waals surface area contributed by atoms with Gasteiger partial charge in [0.05, 0.1) is 14.2 Å². The molecule has 2 aromatic carbocycles. The molecule has 0 amide bonds. The van der Waals surface area contributed by atoms with Crippen LogP contribution in [0.2, 0.25) is 0 Å². The minimum absolute atomic E-state index is 0.282. The van der Waals surface area contributed by atoms with Crippen LogP contribution in [-0.2, 0) is 6.42 Å². The number of hydrogen-bond acceptors (Lipinski definition) is 4. The molecular formula is C19H26N2O2. The molecule has 4 nitrogen and oxygen atoms in total. The van der Waals surface area contributed by atoms with Gasteiger partial charge in [-0.15, -0.1) is 0 Å². The van der Waals surface area contributed by atoms with E-state index in [4.69, 9.17) is 15.2 Å². The van der Waals surface area contributed by atoms with Crippen LogP contribution < -0.4 is 20.1 Å². The fraction of sp³-hybridized carbons (Fsp3) is 0.368. The first kappa shape index (κ1) is 17.2. The second-order valence-corrected chi connectivity index (χ2v) is 5.81. The monoisotopic (exact) mass is 314 g/mol. The van der Waals surface area contributed by atoms with Gasteiger partial charge in [-0.1, -0.05) is 18.2 Å². The Hall–Kier alpha value is -2.20. The zero-order chi connectivity index (χ0) is 16.8. The number of nitrogens with zero attached hydrogens (tertiary/aromatic N) is 1. The molecule has 0 saturated heterocycles. The number of rotatable bonds is 7. The normalized spacial score (nSPS) is 11.9. The minimum atomic E-state index is 0.282. The molecule has 23 heavy (non-hydrogen) atoms. The van der Waals surface area contributed by atoms with E-state index in [2.05, 4.69) is 35.2 Å². The molecule has 0 aliphatic heterocycles. The van der Waals surface area contributed by atoms with Gasteiger partial charge in [0.15, 0.2) is 11.5 Å². The standard InChI is InChI=1S/C19H26N2O2/c1-21(2)17-8-6-15(7-9-17)16(13-20)11-14-5-10-18(22-3)19(12-14)23-4/h5-10,12,16H,11,13,20H2,1-4H3. The van der Waals surface area contributed by atoms with Crippen molar-refractivity contribution in [2.45, 2.75) is 12.3 Å². The lowest BCUT2D eigenvalue weighted by Crippen LogP contribution is -2.15. The van der Waals surface area contributed by atoms with Crippen molar-refractivity contribution in [3.63, 3.8) is 0 Å². The molecule has 0 radical (unpaired) electrons. The molecular weight excluding hydrogens is 288 g/mol. The Morgan fingerprint density at radius 3 is 2.13 bits per heavy atom. The smallest absolute Gasteiger partial charge is 0.160 e. The molecule has 0 fully saturated rings. The lowest BCUT2D eigenvalue weighted by Gasteiger charge is -2.18. The Labute approximate surface area is 138 Å². The second-order valence-electron chi connectivity index (χ2n) is 5.81. The predicted molar refractivity (Wildman–Crippen MR) is 95.8 cm³/mol. The van der Waals surface area contributed by atoms with Crippen molar-refractivity contribution in [2.75, 3.05) is 39.8 Å². The van der Waals surface area contributed by atoms with Crippen LogP contribution in [0.25, 0.3) is 0 Å². The van der Waals surface area contributed by atoms with E-state index in [-0.39, 0.29) is 5.92 Å². The summed E-state index contributed by atoms with van der Waals surface area (Å²) in [6, 6.07) is 14.6. The summed E-state index contributed by atoms with van der Waals surface area (Å²) in [5.74, 6) is 1.78. The first-order valence-electron chi connectivity index (χ1n) is 7.77. The zero-order valence-corrected chi connectivity index (χ0v) is 14.4. The first-order chi connectivity index (χ1) is 11.1. The fourth-order valence-corrected chi connectivity index (χ4v) is 2.67. The topological polar surface area (TPSA) is 47.7 Å². The molecule has 124 valence electrons. The van der Waals surface area contributed by atoms with E-state index in [1.807, 2.05) is 26.2 Å². The van der Waals surface area contributed by atoms with Gasteiger partial charge < -0.3 is 20.1 Å². The van der Waals surface area contributed by atoms with Crippen molar-refractivity contribution in [2.24, 2.45) is 5.73 Å². The summed E-state index contributed by atoms with van der Waals surface area (Å²) in [5.41, 5.74) is 9.65. The lowest BCUT2D eigenvalue weighted by atomic mass is 9.91. The van der Waals surface area contributed by atoms with Gasteiger partial charge in [0, 0.05) is 25.7 Å². The molecule has 2 aromatic rings. The van der Waals surface area contributed by atoms with E-state index in [1.165, 1.54) is 16.8 Å². The Morgan fingerprint density at radius 2 is 1.61 bits per heavy atom. The molecule has 2 N–H and O–H groups in total. The highest BCUT2D eigenvalue weighted by Crippen LogP contribution is 2.30. The average Bonchev–Trinajstić information content (AvgIpc) is 2.59. The minimum Gasteiger partial charge on any atom is -0.493 e. The van der Waals surface area contributed by atoms with E-state index >= 15 is 0 Å². The van der Waals surface area contributed by atoms with Crippen molar-refractivity contribution in [3.05, 3.63) is 53.6 Å². The first-order valence-corrected chi connectivity index (χ1v) is 7.77. The lowest BCUT2D eigenvalue weighted by molar-refractivity contribution is 0.354. The van der Waals surface area contributed by atoms with Crippen molar-refractivity contribution in [1.82, 2.24) is 0 Å². The summed E-state index contributed by atoms with van der Waals surface area (Å²) in [7, 11) is 7.38. The van der Waals surface area contributed by atoms with Gasteiger partial charge >= 0.3 is 0 Å². The Kier molecular flexibility index (Phi) is 5.88. The van der Waals surface area contributed by atoms with Crippen molar-refractivity contribution < 1.29 is 9.47 Å². The van der Waals surface area contributed by atoms with E-state index in [9.17, 15) is 0 Å². The molecule has 0 bridgehead atoms. The molecule has 1 unspecified atom stereocenters. The van der Waals surface area contributed by atoms with Gasteiger partial charge in [0.2, 0.25) is 0 Å². The van der Waals surface area contributed by atoms with Crippen LogP contribution >= 0.6 is 0 Å². The molecule has 2 rings (SSSR count). The highest BCUT2D eigenvalue weighted by Gasteiger charge is 2.13. The number of anilines is 1. The fourth-order valence-electron chi connectivity index (χ4n) is 2.67. The summed E-state index contributed by atoms with van der Waals surface area (Å²) < 4.78 is 10.7.